The van der Waals surface area contributed by atoms with E-state index in [1.54, 1.807) is 0 Å². The van der Waals surface area contributed by atoms with Crippen LogP contribution in [0.25, 0.3) is 63.3 Å². The van der Waals surface area contributed by atoms with E-state index < -0.39 is 0 Å². The maximum atomic E-state index is 7.40. The van der Waals surface area contributed by atoms with Gasteiger partial charge in [-0.15, -0.1) is 22.7 Å². The Balaban J connectivity index is 1.04. The van der Waals surface area contributed by atoms with Crippen molar-refractivity contribution in [2.75, 3.05) is 14.6 Å². The zero-order valence-electron chi connectivity index (χ0n) is 53.7. The first kappa shape index (κ1) is 56.0. The Morgan fingerprint density at radius 2 is 0.931 bits per heavy atom. The summed E-state index contributed by atoms with van der Waals surface area (Å²) in [4.78, 5) is 7.82. The zero-order valence-corrected chi connectivity index (χ0v) is 55.4. The average molecular weight is 1170 g/mol. The van der Waals surface area contributed by atoms with Crippen molar-refractivity contribution in [3.63, 3.8) is 0 Å². The minimum absolute atomic E-state index is 0.0123. The van der Waals surface area contributed by atoms with Crippen LogP contribution < -0.4 is 24.9 Å². The molecule has 5 heterocycles. The van der Waals surface area contributed by atoms with Crippen molar-refractivity contribution in [1.82, 2.24) is 0 Å². The van der Waals surface area contributed by atoms with E-state index in [-0.39, 0.29) is 39.3 Å². The highest BCUT2D eigenvalue weighted by Crippen LogP contribution is 2.57. The summed E-state index contributed by atoms with van der Waals surface area (Å²) < 4.78 is 12.6. The van der Waals surface area contributed by atoms with Crippen LogP contribution in [0.1, 0.15) is 157 Å². The minimum Gasteiger partial charge on any atom is -0.454 e. The predicted octanol–water partition coefficient (Wildman–Crippen LogP) is 22.9. The first-order chi connectivity index (χ1) is 41.1. The number of para-hydroxylation sites is 1. The van der Waals surface area contributed by atoms with Crippen LogP contribution in [0.2, 0.25) is 0 Å². The van der Waals surface area contributed by atoms with E-state index in [2.05, 4.69) is 295 Å². The van der Waals surface area contributed by atoms with Gasteiger partial charge in [-0.2, -0.15) is 0 Å². The van der Waals surface area contributed by atoms with Crippen molar-refractivity contribution in [3.8, 4) is 11.1 Å². The van der Waals surface area contributed by atoms with E-state index in [9.17, 15) is 0 Å². The molecule has 4 nitrogen and oxygen atoms in total. The van der Waals surface area contributed by atoms with Gasteiger partial charge in [0.1, 0.15) is 5.58 Å². The molecule has 3 aliphatic rings. The fraction of sp³-hybridized carbons (Fsp3) is 0.300. The molecule has 0 radical (unpaired) electrons. The van der Waals surface area contributed by atoms with Gasteiger partial charge in [0.25, 0.3) is 0 Å². The number of hydrogen-bond acceptors (Lipinski definition) is 6. The number of benzene rings is 9. The molecule has 0 fully saturated rings. The van der Waals surface area contributed by atoms with Crippen LogP contribution in [-0.2, 0) is 32.5 Å². The van der Waals surface area contributed by atoms with Gasteiger partial charge in [-0.25, -0.2) is 0 Å². The Morgan fingerprint density at radius 3 is 1.51 bits per heavy atom. The third kappa shape index (κ3) is 8.86. The van der Waals surface area contributed by atoms with E-state index in [1.165, 1.54) is 102 Å². The summed E-state index contributed by atoms with van der Waals surface area (Å²) >= 11 is 3.91. The van der Waals surface area contributed by atoms with Crippen LogP contribution in [0.3, 0.4) is 0 Å². The molecule has 15 rings (SSSR count). The lowest BCUT2D eigenvalue weighted by Gasteiger charge is -2.45. The third-order valence-electron chi connectivity index (χ3n) is 19.9. The average Bonchev–Trinajstić information content (AvgIpc) is 1.64. The largest absolute Gasteiger partial charge is 0.454 e. The fourth-order valence-corrected chi connectivity index (χ4v) is 17.0. The summed E-state index contributed by atoms with van der Waals surface area (Å²) in [5.41, 5.74) is 23.3. The third-order valence-corrected chi connectivity index (χ3v) is 22.3. The van der Waals surface area contributed by atoms with Gasteiger partial charge >= 0.3 is 6.85 Å². The normalized spacial score (nSPS) is 15.6. The van der Waals surface area contributed by atoms with Gasteiger partial charge in [0.2, 0.25) is 0 Å². The van der Waals surface area contributed by atoms with Gasteiger partial charge < -0.3 is 19.0 Å². The van der Waals surface area contributed by atoms with Gasteiger partial charge in [-0.1, -0.05) is 178 Å². The lowest BCUT2D eigenvalue weighted by atomic mass is 9.46. The number of furan rings is 1. The fourth-order valence-electron chi connectivity index (χ4n) is 14.6. The van der Waals surface area contributed by atoms with Crippen LogP contribution >= 0.6 is 22.7 Å². The van der Waals surface area contributed by atoms with Crippen LogP contribution in [0.15, 0.2) is 174 Å². The SMILES string of the molecule is CC(C)(C)c1ccc(N2B3c4sc5cc6c(cc5c4N(c4ccc(C(C)(C)C)cc4)c4c3c(cc3c4oc4ccccc43)-c3cc4c(cc32)sc2ccc(N(c3ccc(C(C)(C)C)cc3)c3ccc(C(C)(C)C)cc3)cc24)C(C)(C)CCC6(C)C)cc1. The molecule has 0 bridgehead atoms. The van der Waals surface area contributed by atoms with E-state index in [1.807, 2.05) is 22.7 Å². The number of anilines is 8. The molecule has 0 unspecified atom stereocenters. The Hall–Kier alpha value is -7.58. The van der Waals surface area contributed by atoms with Gasteiger partial charge in [0, 0.05) is 85.5 Å². The predicted molar refractivity (Wildman–Crippen MR) is 380 cm³/mol. The molecule has 87 heavy (non-hydrogen) atoms. The molecule has 0 spiro atoms. The topological polar surface area (TPSA) is 22.9 Å². The summed E-state index contributed by atoms with van der Waals surface area (Å²) in [6.07, 6.45) is 2.31. The van der Waals surface area contributed by atoms with Gasteiger partial charge in [-0.05, 0) is 193 Å². The summed E-state index contributed by atoms with van der Waals surface area (Å²) in [7, 11) is 0. The smallest absolute Gasteiger partial charge is 0.343 e. The molecule has 0 amide bonds. The summed E-state index contributed by atoms with van der Waals surface area (Å²) in [5.74, 6) is 0. The second kappa shape index (κ2) is 19.0. The van der Waals surface area contributed by atoms with E-state index in [4.69, 9.17) is 4.42 Å². The summed E-state index contributed by atoms with van der Waals surface area (Å²) in [5, 5.41) is 6.10. The summed E-state index contributed by atoms with van der Waals surface area (Å²) in [6, 6.07) is 66.2. The van der Waals surface area contributed by atoms with E-state index >= 15 is 0 Å². The standard InChI is InChI=1S/C80H80BN3OS2/c1-75(2,3)47-21-29-51(30-22-47)82(52-31-23-48(24-32-52)76(4,5)6)55-37-38-67-58(41-55)59-42-57-60-43-61-56-19-17-18-20-66(56)85-73(61)72-70(60)81(84(65(57)46-69(59)86-67)54-35-27-50(28-36-54)78(10,11)12)74-71(83(72)53-33-25-49(26-34-53)77(7,8)9)62-44-63-64(45-68(62)87-74)80(15,16)40-39-79(63,13)14/h17-38,41-46H,39-40H2,1-16H3. The lowest BCUT2D eigenvalue weighted by molar-refractivity contribution is 0.332. The Morgan fingerprint density at radius 1 is 0.437 bits per heavy atom. The van der Waals surface area contributed by atoms with Crippen molar-refractivity contribution in [3.05, 3.63) is 203 Å². The first-order valence-electron chi connectivity index (χ1n) is 31.5. The van der Waals surface area contributed by atoms with Crippen LogP contribution in [0.4, 0.5) is 45.5 Å². The highest BCUT2D eigenvalue weighted by Gasteiger charge is 2.50. The molecule has 0 saturated carbocycles. The number of fused-ring (bicyclic) bond motifs is 14. The summed E-state index contributed by atoms with van der Waals surface area (Å²) in [6.45, 7) is 37.4. The molecular weight excluding hydrogens is 1090 g/mol. The molecule has 3 aromatic heterocycles. The Bertz CT molecular complexity index is 4720. The molecule has 436 valence electrons. The number of thiophene rings is 2. The van der Waals surface area contributed by atoms with Crippen LogP contribution in [0.5, 0.6) is 0 Å². The van der Waals surface area contributed by atoms with Crippen molar-refractivity contribution < 1.29 is 4.42 Å². The molecule has 0 N–H and O–H groups in total. The second-order valence-corrected chi connectivity index (χ2v) is 33.1. The van der Waals surface area contributed by atoms with Crippen molar-refractivity contribution >= 4 is 137 Å². The zero-order chi connectivity index (χ0) is 60.8. The molecule has 0 atom stereocenters. The van der Waals surface area contributed by atoms with Crippen molar-refractivity contribution in [2.24, 2.45) is 0 Å². The van der Waals surface area contributed by atoms with E-state index in [0.29, 0.717) is 0 Å². The van der Waals surface area contributed by atoms with Crippen LogP contribution in [0, 0.1) is 0 Å². The number of rotatable bonds is 5. The molecule has 7 heteroatoms. The quantitative estimate of drug-likeness (QED) is 0.160. The second-order valence-electron chi connectivity index (χ2n) is 30.9. The number of hydrogen-bond donors (Lipinski definition) is 0. The Kier molecular flexibility index (Phi) is 12.2. The maximum absolute atomic E-state index is 7.40. The molecule has 0 saturated heterocycles. The molecule has 12 aromatic rings. The highest BCUT2D eigenvalue weighted by atomic mass is 32.1. The monoisotopic (exact) mass is 1170 g/mol. The Labute approximate surface area is 523 Å². The first-order valence-corrected chi connectivity index (χ1v) is 33.2. The van der Waals surface area contributed by atoms with Crippen molar-refractivity contribution in [2.45, 2.75) is 156 Å². The highest BCUT2D eigenvalue weighted by molar-refractivity contribution is 7.32. The lowest BCUT2D eigenvalue weighted by Crippen LogP contribution is -2.60. The van der Waals surface area contributed by atoms with Crippen molar-refractivity contribution in [1.29, 1.82) is 0 Å². The minimum atomic E-state index is -0.183. The van der Waals surface area contributed by atoms with Gasteiger partial charge in [-0.3, -0.25) is 0 Å². The maximum Gasteiger partial charge on any atom is 0.343 e. The molecular formula is C80H80BN3OS2. The van der Waals surface area contributed by atoms with Gasteiger partial charge in [0.15, 0.2) is 5.58 Å². The van der Waals surface area contributed by atoms with E-state index in [0.717, 1.165) is 63.2 Å². The van der Waals surface area contributed by atoms with Crippen LogP contribution in [-0.4, -0.2) is 6.85 Å². The van der Waals surface area contributed by atoms with Gasteiger partial charge in [0.05, 0.1) is 11.4 Å². The molecule has 9 aromatic carbocycles. The molecule has 2 aliphatic heterocycles. The number of nitrogens with zero attached hydrogens (tertiary/aromatic N) is 3. The molecule has 1 aliphatic carbocycles.